The molecule has 0 saturated heterocycles. The van der Waals surface area contributed by atoms with Gasteiger partial charge in [0.2, 0.25) is 10.0 Å². The minimum atomic E-state index is -3.54. The van der Waals surface area contributed by atoms with Crippen molar-refractivity contribution < 1.29 is 8.42 Å². The van der Waals surface area contributed by atoms with E-state index in [1.165, 1.54) is 0 Å². The molecule has 4 rings (SSSR count). The third kappa shape index (κ3) is 2.62. The first-order chi connectivity index (χ1) is 11.5. The van der Waals surface area contributed by atoms with E-state index in [0.29, 0.717) is 4.90 Å². The number of benzene rings is 3. The molecule has 0 amide bonds. The van der Waals surface area contributed by atoms with Crippen molar-refractivity contribution in [3.8, 4) is 0 Å². The molecule has 1 N–H and O–H groups in total. The Morgan fingerprint density at radius 3 is 2.25 bits per heavy atom. The maximum absolute atomic E-state index is 12.8. The van der Waals surface area contributed by atoms with Gasteiger partial charge in [-0.1, -0.05) is 60.2 Å². The van der Waals surface area contributed by atoms with Crippen LogP contribution >= 0.6 is 0 Å². The van der Waals surface area contributed by atoms with Gasteiger partial charge in [0.15, 0.2) is 0 Å². The molecule has 0 spiro atoms. The van der Waals surface area contributed by atoms with Gasteiger partial charge in [-0.2, -0.15) is 0 Å². The lowest BCUT2D eigenvalue weighted by Crippen LogP contribution is -2.35. The van der Waals surface area contributed by atoms with E-state index in [9.17, 15) is 8.42 Å². The van der Waals surface area contributed by atoms with E-state index in [4.69, 9.17) is 0 Å². The second-order valence-electron chi connectivity index (χ2n) is 6.53. The van der Waals surface area contributed by atoms with Crippen LogP contribution in [0.5, 0.6) is 0 Å². The highest BCUT2D eigenvalue weighted by atomic mass is 32.2. The summed E-state index contributed by atoms with van der Waals surface area (Å²) in [5.74, 6) is 0. The zero-order chi connectivity index (χ0) is 16.8. The van der Waals surface area contributed by atoms with Crippen LogP contribution in [0.25, 0.3) is 10.8 Å². The summed E-state index contributed by atoms with van der Waals surface area (Å²) in [6.45, 7) is 1.95. The number of hydrogen-bond donors (Lipinski definition) is 1. The SMILES string of the molecule is Cc1ccc(S(=O)(=O)NC2(c3cccc4ccccc34)CC2)cc1. The Labute approximate surface area is 142 Å². The van der Waals surface area contributed by atoms with Crippen LogP contribution in [-0.2, 0) is 15.6 Å². The summed E-state index contributed by atoms with van der Waals surface area (Å²) in [5.41, 5.74) is 1.63. The zero-order valence-electron chi connectivity index (χ0n) is 13.5. The van der Waals surface area contributed by atoms with Crippen molar-refractivity contribution in [1.29, 1.82) is 0 Å². The fraction of sp³-hybridized carbons (Fsp3) is 0.200. The predicted octanol–water partition coefficient (Wildman–Crippen LogP) is 4.12. The summed E-state index contributed by atoms with van der Waals surface area (Å²) in [4.78, 5) is 0.319. The third-order valence-corrected chi connectivity index (χ3v) is 6.27. The van der Waals surface area contributed by atoms with E-state index in [-0.39, 0.29) is 0 Å². The number of rotatable bonds is 4. The molecule has 3 aromatic rings. The Hall–Kier alpha value is -2.17. The van der Waals surface area contributed by atoms with Gasteiger partial charge in [0.25, 0.3) is 0 Å². The lowest BCUT2D eigenvalue weighted by atomic mass is 9.98. The smallest absolute Gasteiger partial charge is 0.207 e. The molecule has 0 aromatic heterocycles. The van der Waals surface area contributed by atoms with Crippen molar-refractivity contribution >= 4 is 20.8 Å². The summed E-state index contributed by atoms with van der Waals surface area (Å²) >= 11 is 0. The highest BCUT2D eigenvalue weighted by Gasteiger charge is 2.48. The van der Waals surface area contributed by atoms with Crippen LogP contribution in [0, 0.1) is 6.92 Å². The van der Waals surface area contributed by atoms with Crippen molar-refractivity contribution in [2.75, 3.05) is 0 Å². The van der Waals surface area contributed by atoms with Crippen molar-refractivity contribution in [1.82, 2.24) is 4.72 Å². The molecule has 0 aliphatic heterocycles. The van der Waals surface area contributed by atoms with Gasteiger partial charge < -0.3 is 0 Å². The van der Waals surface area contributed by atoms with Crippen LogP contribution in [0.1, 0.15) is 24.0 Å². The molecule has 0 unspecified atom stereocenters. The van der Waals surface area contributed by atoms with Crippen LogP contribution in [0.4, 0.5) is 0 Å². The zero-order valence-corrected chi connectivity index (χ0v) is 14.3. The summed E-state index contributed by atoms with van der Waals surface area (Å²) in [6.07, 6.45) is 1.65. The minimum absolute atomic E-state index is 0.319. The van der Waals surface area contributed by atoms with Crippen molar-refractivity contribution in [2.45, 2.75) is 30.2 Å². The molecule has 4 heteroatoms. The Kier molecular flexibility index (Phi) is 3.48. The molecule has 3 aromatic carbocycles. The first-order valence-electron chi connectivity index (χ1n) is 8.09. The summed E-state index contributed by atoms with van der Waals surface area (Å²) < 4.78 is 28.6. The molecule has 122 valence electrons. The average molecular weight is 337 g/mol. The lowest BCUT2D eigenvalue weighted by molar-refractivity contribution is 0.553. The fourth-order valence-corrected chi connectivity index (χ4v) is 4.67. The Morgan fingerprint density at radius 2 is 1.54 bits per heavy atom. The fourth-order valence-electron chi connectivity index (χ4n) is 3.23. The van der Waals surface area contributed by atoms with Crippen molar-refractivity contribution in [2.24, 2.45) is 0 Å². The molecular formula is C20H19NO2S. The second kappa shape index (κ2) is 5.43. The Bertz CT molecular complexity index is 998. The molecule has 1 saturated carbocycles. The highest BCUT2D eigenvalue weighted by Crippen LogP contribution is 2.48. The van der Waals surface area contributed by atoms with E-state index < -0.39 is 15.6 Å². The van der Waals surface area contributed by atoms with Gasteiger partial charge in [-0.25, -0.2) is 13.1 Å². The average Bonchev–Trinajstić information content (AvgIpc) is 3.34. The number of hydrogen-bond acceptors (Lipinski definition) is 2. The quantitative estimate of drug-likeness (QED) is 0.778. The summed E-state index contributed by atoms with van der Waals surface area (Å²) in [7, 11) is -3.54. The minimum Gasteiger partial charge on any atom is -0.207 e. The first-order valence-corrected chi connectivity index (χ1v) is 9.57. The van der Waals surface area contributed by atoms with Crippen LogP contribution in [0.15, 0.2) is 71.6 Å². The summed E-state index contributed by atoms with van der Waals surface area (Å²) in [6, 6.07) is 21.2. The van der Waals surface area contributed by atoms with Gasteiger partial charge in [0.05, 0.1) is 10.4 Å². The normalized spacial score (nSPS) is 16.2. The largest absolute Gasteiger partial charge is 0.241 e. The first kappa shape index (κ1) is 15.4. The van der Waals surface area contributed by atoms with Gasteiger partial charge in [-0.3, -0.25) is 0 Å². The molecule has 0 atom stereocenters. The van der Waals surface area contributed by atoms with Gasteiger partial charge in [0, 0.05) is 0 Å². The van der Waals surface area contributed by atoms with E-state index in [0.717, 1.165) is 34.7 Å². The van der Waals surface area contributed by atoms with Gasteiger partial charge >= 0.3 is 0 Å². The number of aryl methyl sites for hydroxylation is 1. The number of sulfonamides is 1. The van der Waals surface area contributed by atoms with E-state index in [2.05, 4.69) is 22.9 Å². The monoisotopic (exact) mass is 337 g/mol. The van der Waals surface area contributed by atoms with Gasteiger partial charge in [-0.05, 0) is 48.2 Å². The summed E-state index contributed by atoms with van der Waals surface area (Å²) in [5, 5.41) is 2.25. The standard InChI is InChI=1S/C20H19NO2S/c1-15-9-11-17(12-10-15)24(22,23)21-20(13-14-20)19-8-4-6-16-5-2-3-7-18(16)19/h2-12,21H,13-14H2,1H3. The molecule has 1 aliphatic rings. The molecule has 24 heavy (non-hydrogen) atoms. The predicted molar refractivity (Wildman–Crippen MR) is 96.4 cm³/mol. The van der Waals surface area contributed by atoms with Crippen LogP contribution in [0.3, 0.4) is 0 Å². The second-order valence-corrected chi connectivity index (χ2v) is 8.21. The maximum Gasteiger partial charge on any atom is 0.241 e. The molecule has 0 heterocycles. The number of nitrogens with one attached hydrogen (secondary N) is 1. The van der Waals surface area contributed by atoms with E-state index >= 15 is 0 Å². The molecular weight excluding hydrogens is 318 g/mol. The van der Waals surface area contributed by atoms with E-state index in [1.807, 2.05) is 43.3 Å². The molecule has 3 nitrogen and oxygen atoms in total. The molecule has 0 radical (unpaired) electrons. The van der Waals surface area contributed by atoms with Crippen LogP contribution in [-0.4, -0.2) is 8.42 Å². The Morgan fingerprint density at radius 1 is 0.875 bits per heavy atom. The number of fused-ring (bicyclic) bond motifs is 1. The molecule has 1 fully saturated rings. The van der Waals surface area contributed by atoms with Crippen LogP contribution < -0.4 is 4.72 Å². The van der Waals surface area contributed by atoms with Crippen molar-refractivity contribution in [3.05, 3.63) is 77.9 Å². The lowest BCUT2D eigenvalue weighted by Gasteiger charge is -2.20. The Balaban J connectivity index is 1.75. The van der Waals surface area contributed by atoms with Gasteiger partial charge in [0.1, 0.15) is 0 Å². The molecule has 1 aliphatic carbocycles. The third-order valence-electron chi connectivity index (χ3n) is 4.72. The van der Waals surface area contributed by atoms with Crippen molar-refractivity contribution in [3.63, 3.8) is 0 Å². The van der Waals surface area contributed by atoms with Gasteiger partial charge in [-0.15, -0.1) is 0 Å². The molecule has 0 bridgehead atoms. The van der Waals surface area contributed by atoms with Crippen LogP contribution in [0.2, 0.25) is 0 Å². The van der Waals surface area contributed by atoms with E-state index in [1.54, 1.807) is 12.1 Å². The topological polar surface area (TPSA) is 46.2 Å². The highest BCUT2D eigenvalue weighted by molar-refractivity contribution is 7.89. The maximum atomic E-state index is 12.8.